The van der Waals surface area contributed by atoms with E-state index in [4.69, 9.17) is 9.47 Å². The third-order valence-electron chi connectivity index (χ3n) is 3.45. The number of hydrogen-bond acceptors (Lipinski definition) is 7. The summed E-state index contributed by atoms with van der Waals surface area (Å²) in [6, 6.07) is 2.11. The van der Waals surface area contributed by atoms with Crippen LogP contribution in [0.2, 0.25) is 0 Å². The normalized spacial score (nSPS) is 22.4. The molecule has 7 heteroatoms. The summed E-state index contributed by atoms with van der Waals surface area (Å²) in [5.41, 5.74) is 0. The Morgan fingerprint density at radius 3 is 3.00 bits per heavy atom. The second kappa shape index (κ2) is 7.53. The van der Waals surface area contributed by atoms with Crippen LogP contribution in [-0.4, -0.2) is 60.6 Å². The van der Waals surface area contributed by atoms with Crippen LogP contribution in [0.4, 0.5) is 11.6 Å². The fourth-order valence-electron chi connectivity index (χ4n) is 2.26. The van der Waals surface area contributed by atoms with Crippen molar-refractivity contribution < 1.29 is 14.6 Å². The molecule has 2 unspecified atom stereocenters. The molecule has 2 N–H and O–H groups in total. The van der Waals surface area contributed by atoms with Crippen molar-refractivity contribution in [1.82, 2.24) is 9.97 Å². The molecule has 2 heterocycles. The summed E-state index contributed by atoms with van der Waals surface area (Å²) < 4.78 is 11.0. The lowest BCUT2D eigenvalue weighted by Crippen LogP contribution is -2.50. The van der Waals surface area contributed by atoms with Gasteiger partial charge >= 0.3 is 0 Å². The lowest BCUT2D eigenvalue weighted by atomic mass is 10.2. The van der Waals surface area contributed by atoms with E-state index < -0.39 is 0 Å². The van der Waals surface area contributed by atoms with E-state index in [0.717, 1.165) is 11.6 Å². The molecule has 0 aliphatic carbocycles. The molecule has 21 heavy (non-hydrogen) atoms. The predicted octanol–water partition coefficient (Wildman–Crippen LogP) is 0.641. The molecule has 2 atom stereocenters. The van der Waals surface area contributed by atoms with Gasteiger partial charge in [-0.2, -0.15) is 0 Å². The highest BCUT2D eigenvalue weighted by atomic mass is 16.5. The standard InChI is InChI=1S/C14H24N4O3/c1-4-20-9-13-16-12(15-3)5-14(17-13)18-6-11(7-19)21-8-10(18)2/h5,10-11,19H,4,6-9H2,1-3H3,(H,15,16,17). The summed E-state index contributed by atoms with van der Waals surface area (Å²) in [6.45, 7) is 6.25. The monoisotopic (exact) mass is 296 g/mol. The van der Waals surface area contributed by atoms with Crippen molar-refractivity contribution in [3.8, 4) is 0 Å². The summed E-state index contributed by atoms with van der Waals surface area (Å²) in [7, 11) is 1.83. The van der Waals surface area contributed by atoms with Crippen LogP contribution >= 0.6 is 0 Å². The zero-order valence-corrected chi connectivity index (χ0v) is 12.9. The summed E-state index contributed by atoms with van der Waals surface area (Å²) in [4.78, 5) is 11.1. The summed E-state index contributed by atoms with van der Waals surface area (Å²) >= 11 is 0. The Morgan fingerprint density at radius 1 is 1.52 bits per heavy atom. The molecule has 0 bridgehead atoms. The second-order valence-corrected chi connectivity index (χ2v) is 5.05. The largest absolute Gasteiger partial charge is 0.394 e. The average Bonchev–Trinajstić information content (AvgIpc) is 2.53. The zero-order valence-electron chi connectivity index (χ0n) is 12.9. The number of rotatable bonds is 6. The quantitative estimate of drug-likeness (QED) is 0.797. The van der Waals surface area contributed by atoms with Crippen molar-refractivity contribution in [3.05, 3.63) is 11.9 Å². The Hall–Kier alpha value is -1.44. The molecular formula is C14H24N4O3. The van der Waals surface area contributed by atoms with Crippen LogP contribution in [-0.2, 0) is 16.1 Å². The summed E-state index contributed by atoms with van der Waals surface area (Å²) in [6.07, 6.45) is -0.176. The molecule has 118 valence electrons. The van der Waals surface area contributed by atoms with Gasteiger partial charge < -0.3 is 24.8 Å². The van der Waals surface area contributed by atoms with Crippen LogP contribution in [0.5, 0.6) is 0 Å². The van der Waals surface area contributed by atoms with Gasteiger partial charge in [-0.15, -0.1) is 0 Å². The number of morpholine rings is 1. The molecule has 0 spiro atoms. The Morgan fingerprint density at radius 2 is 2.33 bits per heavy atom. The maximum absolute atomic E-state index is 9.30. The van der Waals surface area contributed by atoms with E-state index in [0.29, 0.717) is 32.2 Å². The Bertz CT molecular complexity index is 458. The van der Waals surface area contributed by atoms with E-state index in [9.17, 15) is 5.11 Å². The maximum Gasteiger partial charge on any atom is 0.158 e. The fraction of sp³-hybridized carbons (Fsp3) is 0.714. The van der Waals surface area contributed by atoms with Gasteiger partial charge in [-0.25, -0.2) is 9.97 Å². The Labute approximate surface area is 125 Å². The molecule has 0 amide bonds. The van der Waals surface area contributed by atoms with Gasteiger partial charge in [0.1, 0.15) is 18.2 Å². The van der Waals surface area contributed by atoms with Crippen molar-refractivity contribution in [2.24, 2.45) is 0 Å². The Kier molecular flexibility index (Phi) is 5.72. The van der Waals surface area contributed by atoms with E-state index in [1.807, 2.05) is 20.0 Å². The molecule has 1 fully saturated rings. The first kappa shape index (κ1) is 15.9. The van der Waals surface area contributed by atoms with Gasteiger partial charge in [0.15, 0.2) is 5.82 Å². The van der Waals surface area contributed by atoms with Crippen LogP contribution in [0.15, 0.2) is 6.07 Å². The zero-order chi connectivity index (χ0) is 15.2. The molecule has 1 saturated heterocycles. The first-order valence-corrected chi connectivity index (χ1v) is 7.30. The third kappa shape index (κ3) is 4.03. The van der Waals surface area contributed by atoms with E-state index in [1.165, 1.54) is 0 Å². The highest BCUT2D eigenvalue weighted by Crippen LogP contribution is 2.22. The van der Waals surface area contributed by atoms with Gasteiger partial charge in [0.05, 0.1) is 25.4 Å². The van der Waals surface area contributed by atoms with Crippen molar-refractivity contribution in [2.45, 2.75) is 32.6 Å². The first-order valence-electron chi connectivity index (χ1n) is 7.30. The van der Waals surface area contributed by atoms with Gasteiger partial charge in [0, 0.05) is 26.3 Å². The predicted molar refractivity (Wildman–Crippen MR) is 80.5 cm³/mol. The molecule has 0 saturated carbocycles. The van der Waals surface area contributed by atoms with Gasteiger partial charge in [-0.1, -0.05) is 0 Å². The SMILES string of the molecule is CCOCc1nc(NC)cc(N2CC(CO)OCC2C)n1. The number of anilines is 2. The van der Waals surface area contributed by atoms with Gasteiger partial charge in [0.2, 0.25) is 0 Å². The van der Waals surface area contributed by atoms with Crippen molar-refractivity contribution >= 4 is 11.6 Å². The van der Waals surface area contributed by atoms with Crippen molar-refractivity contribution in [1.29, 1.82) is 0 Å². The number of nitrogens with one attached hydrogen (secondary N) is 1. The highest BCUT2D eigenvalue weighted by Gasteiger charge is 2.27. The molecule has 1 aromatic rings. The molecule has 7 nitrogen and oxygen atoms in total. The van der Waals surface area contributed by atoms with Gasteiger partial charge in [0.25, 0.3) is 0 Å². The summed E-state index contributed by atoms with van der Waals surface area (Å²) in [5.74, 6) is 2.24. The molecule has 1 aliphatic heterocycles. The third-order valence-corrected chi connectivity index (χ3v) is 3.45. The number of aliphatic hydroxyl groups is 1. The molecule has 0 radical (unpaired) electrons. The van der Waals surface area contributed by atoms with Gasteiger partial charge in [-0.05, 0) is 13.8 Å². The fourth-order valence-corrected chi connectivity index (χ4v) is 2.26. The first-order chi connectivity index (χ1) is 10.2. The molecular weight excluding hydrogens is 272 g/mol. The Balaban J connectivity index is 2.23. The lowest BCUT2D eigenvalue weighted by Gasteiger charge is -2.38. The van der Waals surface area contributed by atoms with Crippen LogP contribution in [0.25, 0.3) is 0 Å². The van der Waals surface area contributed by atoms with Gasteiger partial charge in [-0.3, -0.25) is 0 Å². The van der Waals surface area contributed by atoms with Crippen LogP contribution in [0, 0.1) is 0 Å². The second-order valence-electron chi connectivity index (χ2n) is 5.05. The van der Waals surface area contributed by atoms with Crippen LogP contribution in [0.3, 0.4) is 0 Å². The topological polar surface area (TPSA) is 79.7 Å². The minimum Gasteiger partial charge on any atom is -0.394 e. The number of aromatic nitrogens is 2. The van der Waals surface area contributed by atoms with Crippen molar-refractivity contribution in [2.75, 3.05) is 43.6 Å². The van der Waals surface area contributed by atoms with E-state index in [2.05, 4.69) is 27.1 Å². The smallest absolute Gasteiger partial charge is 0.158 e. The van der Waals surface area contributed by atoms with E-state index in [-0.39, 0.29) is 18.8 Å². The number of nitrogens with zero attached hydrogens (tertiary/aromatic N) is 3. The lowest BCUT2D eigenvalue weighted by molar-refractivity contribution is -0.0106. The number of hydrogen-bond donors (Lipinski definition) is 2. The maximum atomic E-state index is 9.30. The minimum absolute atomic E-state index is 0.0129. The van der Waals surface area contributed by atoms with Crippen molar-refractivity contribution in [3.63, 3.8) is 0 Å². The van der Waals surface area contributed by atoms with E-state index >= 15 is 0 Å². The van der Waals surface area contributed by atoms with Crippen LogP contribution in [0.1, 0.15) is 19.7 Å². The molecule has 1 aromatic heterocycles. The minimum atomic E-state index is -0.176. The number of ether oxygens (including phenoxy) is 2. The number of aliphatic hydroxyl groups excluding tert-OH is 1. The van der Waals surface area contributed by atoms with E-state index in [1.54, 1.807) is 0 Å². The summed E-state index contributed by atoms with van der Waals surface area (Å²) in [5, 5.41) is 12.3. The molecule has 0 aromatic carbocycles. The highest BCUT2D eigenvalue weighted by molar-refractivity contribution is 5.50. The average molecular weight is 296 g/mol. The molecule has 2 rings (SSSR count). The molecule has 1 aliphatic rings. The van der Waals surface area contributed by atoms with Crippen LogP contribution < -0.4 is 10.2 Å².